The Morgan fingerprint density at radius 3 is 2.76 bits per heavy atom. The number of benzene rings is 2. The molecule has 0 amide bonds. The molecule has 3 aromatic rings. The lowest BCUT2D eigenvalue weighted by molar-refractivity contribution is 0.338. The predicted octanol–water partition coefficient (Wildman–Crippen LogP) is 4.01. The number of hydrogen-bond acceptors (Lipinski definition) is 4. The van der Waals surface area contributed by atoms with Gasteiger partial charge in [-0.3, -0.25) is 4.98 Å². The van der Waals surface area contributed by atoms with Gasteiger partial charge in [-0.05, 0) is 43.3 Å². The zero-order valence-corrected chi connectivity index (χ0v) is 11.7. The van der Waals surface area contributed by atoms with Crippen molar-refractivity contribution in [3.63, 3.8) is 0 Å². The van der Waals surface area contributed by atoms with Gasteiger partial charge < -0.3 is 15.2 Å². The Morgan fingerprint density at radius 1 is 1.05 bits per heavy atom. The van der Waals surface area contributed by atoms with Gasteiger partial charge in [0.2, 0.25) is 0 Å². The molecule has 0 saturated heterocycles. The molecule has 0 radical (unpaired) electrons. The number of fused-ring (bicyclic) bond motifs is 1. The molecule has 0 atom stereocenters. The summed E-state index contributed by atoms with van der Waals surface area (Å²) in [5.74, 6) is 2.23. The molecule has 0 unspecified atom stereocenters. The van der Waals surface area contributed by atoms with Crippen molar-refractivity contribution in [2.75, 3.05) is 12.3 Å². The van der Waals surface area contributed by atoms with E-state index in [0.717, 1.165) is 28.2 Å². The lowest BCUT2D eigenvalue weighted by atomic mass is 10.1. The maximum atomic E-state index is 5.96. The Kier molecular flexibility index (Phi) is 3.60. The highest BCUT2D eigenvalue weighted by Crippen LogP contribution is 2.32. The number of nitrogens with zero attached hydrogens (tertiary/aromatic N) is 1. The minimum absolute atomic E-state index is 0.623. The molecule has 4 heteroatoms. The summed E-state index contributed by atoms with van der Waals surface area (Å²) in [5.41, 5.74) is 7.33. The van der Waals surface area contributed by atoms with E-state index >= 15 is 0 Å². The number of ether oxygens (including phenoxy) is 2. The first-order chi connectivity index (χ1) is 10.3. The first kappa shape index (κ1) is 13.2. The molecule has 21 heavy (non-hydrogen) atoms. The van der Waals surface area contributed by atoms with Crippen LogP contribution in [0.3, 0.4) is 0 Å². The Labute approximate surface area is 123 Å². The molecule has 3 rings (SSSR count). The topological polar surface area (TPSA) is 57.4 Å². The van der Waals surface area contributed by atoms with Gasteiger partial charge >= 0.3 is 0 Å². The highest BCUT2D eigenvalue weighted by atomic mass is 16.5. The van der Waals surface area contributed by atoms with E-state index in [9.17, 15) is 0 Å². The molecule has 2 aromatic carbocycles. The van der Waals surface area contributed by atoms with Crippen LogP contribution in [0.1, 0.15) is 6.92 Å². The lowest BCUT2D eigenvalue weighted by Gasteiger charge is -2.11. The third-order valence-electron chi connectivity index (χ3n) is 3.11. The molecule has 2 N–H and O–H groups in total. The Morgan fingerprint density at radius 2 is 1.90 bits per heavy atom. The molecule has 4 nitrogen and oxygen atoms in total. The summed E-state index contributed by atoms with van der Waals surface area (Å²) >= 11 is 0. The average Bonchev–Trinajstić information content (AvgIpc) is 2.51. The summed E-state index contributed by atoms with van der Waals surface area (Å²) in [5, 5.41) is 0.888. The van der Waals surface area contributed by atoms with E-state index < -0.39 is 0 Å². The van der Waals surface area contributed by atoms with Gasteiger partial charge in [0.15, 0.2) is 0 Å². The molecule has 1 heterocycles. The number of anilines is 1. The van der Waals surface area contributed by atoms with E-state index in [4.69, 9.17) is 15.2 Å². The number of nitrogen functional groups attached to an aromatic ring is 1. The van der Waals surface area contributed by atoms with Crippen LogP contribution in [-0.4, -0.2) is 11.6 Å². The smallest absolute Gasteiger partial charge is 0.136 e. The maximum Gasteiger partial charge on any atom is 0.136 e. The van der Waals surface area contributed by atoms with E-state index in [1.807, 2.05) is 49.4 Å². The van der Waals surface area contributed by atoms with Gasteiger partial charge in [0.25, 0.3) is 0 Å². The van der Waals surface area contributed by atoms with Crippen LogP contribution in [0.5, 0.6) is 17.2 Å². The van der Waals surface area contributed by atoms with Crippen molar-refractivity contribution in [2.24, 2.45) is 0 Å². The van der Waals surface area contributed by atoms with E-state index in [-0.39, 0.29) is 0 Å². The van der Waals surface area contributed by atoms with Crippen LogP contribution in [-0.2, 0) is 0 Å². The average molecular weight is 280 g/mol. The van der Waals surface area contributed by atoms with Crippen LogP contribution in [0, 0.1) is 0 Å². The second kappa shape index (κ2) is 5.71. The summed E-state index contributed by atoms with van der Waals surface area (Å²) in [6.07, 6.45) is 1.72. The minimum atomic E-state index is 0.623. The fraction of sp³-hybridized carbons (Fsp3) is 0.118. The Hall–Kier alpha value is -2.75. The Balaban J connectivity index is 1.98. The van der Waals surface area contributed by atoms with Gasteiger partial charge in [-0.2, -0.15) is 0 Å². The lowest BCUT2D eigenvalue weighted by Crippen LogP contribution is -1.94. The van der Waals surface area contributed by atoms with Crippen LogP contribution in [0.25, 0.3) is 10.9 Å². The molecule has 0 aliphatic rings. The number of pyridine rings is 1. The summed E-state index contributed by atoms with van der Waals surface area (Å²) in [6, 6.07) is 15.0. The number of nitrogens with two attached hydrogens (primary N) is 1. The SMILES string of the molecule is CCOc1cccc(Oc2ccc(N)c3ncccc23)c1. The molecule has 0 spiro atoms. The zero-order valence-electron chi connectivity index (χ0n) is 11.7. The van der Waals surface area contributed by atoms with Crippen LogP contribution >= 0.6 is 0 Å². The van der Waals surface area contributed by atoms with E-state index in [1.54, 1.807) is 12.3 Å². The van der Waals surface area contributed by atoms with Crippen molar-refractivity contribution in [3.8, 4) is 17.2 Å². The van der Waals surface area contributed by atoms with Gasteiger partial charge in [0.05, 0.1) is 17.8 Å². The third kappa shape index (κ3) is 2.74. The molecule has 1 aromatic heterocycles. The van der Waals surface area contributed by atoms with Crippen LogP contribution < -0.4 is 15.2 Å². The standard InChI is InChI=1S/C17H16N2O2/c1-2-20-12-5-3-6-13(11-12)21-16-9-8-15(18)17-14(16)7-4-10-19-17/h3-11H,2,18H2,1H3. The molecule has 0 aliphatic heterocycles. The van der Waals surface area contributed by atoms with Gasteiger partial charge in [-0.1, -0.05) is 6.07 Å². The quantitative estimate of drug-likeness (QED) is 0.734. The second-order valence-corrected chi connectivity index (χ2v) is 4.56. The summed E-state index contributed by atoms with van der Waals surface area (Å²) in [4.78, 5) is 4.30. The first-order valence-corrected chi connectivity index (χ1v) is 6.82. The Bertz CT molecular complexity index is 772. The largest absolute Gasteiger partial charge is 0.494 e. The maximum absolute atomic E-state index is 5.96. The number of aromatic nitrogens is 1. The highest BCUT2D eigenvalue weighted by molar-refractivity contribution is 5.93. The van der Waals surface area contributed by atoms with Gasteiger partial charge in [-0.15, -0.1) is 0 Å². The van der Waals surface area contributed by atoms with Crippen LogP contribution in [0.15, 0.2) is 54.7 Å². The van der Waals surface area contributed by atoms with E-state index in [2.05, 4.69) is 4.98 Å². The molecule has 0 fully saturated rings. The molecule has 106 valence electrons. The third-order valence-corrected chi connectivity index (χ3v) is 3.11. The fourth-order valence-corrected chi connectivity index (χ4v) is 2.18. The fourth-order valence-electron chi connectivity index (χ4n) is 2.18. The van der Waals surface area contributed by atoms with Crippen molar-refractivity contribution in [2.45, 2.75) is 6.92 Å². The van der Waals surface area contributed by atoms with Gasteiger partial charge in [0.1, 0.15) is 17.2 Å². The highest BCUT2D eigenvalue weighted by Gasteiger charge is 2.07. The molecule has 0 bridgehead atoms. The van der Waals surface area contributed by atoms with E-state index in [1.165, 1.54) is 0 Å². The molecular formula is C17H16N2O2. The van der Waals surface area contributed by atoms with Crippen molar-refractivity contribution >= 4 is 16.6 Å². The van der Waals surface area contributed by atoms with Crippen molar-refractivity contribution in [3.05, 3.63) is 54.7 Å². The van der Waals surface area contributed by atoms with Crippen molar-refractivity contribution < 1.29 is 9.47 Å². The monoisotopic (exact) mass is 280 g/mol. The first-order valence-electron chi connectivity index (χ1n) is 6.82. The number of rotatable bonds is 4. The second-order valence-electron chi connectivity index (χ2n) is 4.56. The van der Waals surface area contributed by atoms with Gasteiger partial charge in [0, 0.05) is 17.6 Å². The van der Waals surface area contributed by atoms with Crippen LogP contribution in [0.2, 0.25) is 0 Å². The summed E-state index contributed by atoms with van der Waals surface area (Å²) in [7, 11) is 0. The number of hydrogen-bond donors (Lipinski definition) is 1. The summed E-state index contributed by atoms with van der Waals surface area (Å²) < 4.78 is 11.4. The molecular weight excluding hydrogens is 264 g/mol. The molecule has 0 saturated carbocycles. The summed E-state index contributed by atoms with van der Waals surface area (Å²) in [6.45, 7) is 2.57. The van der Waals surface area contributed by atoms with E-state index in [0.29, 0.717) is 12.3 Å². The van der Waals surface area contributed by atoms with Crippen molar-refractivity contribution in [1.29, 1.82) is 0 Å². The minimum Gasteiger partial charge on any atom is -0.494 e. The normalized spacial score (nSPS) is 10.5. The van der Waals surface area contributed by atoms with Crippen molar-refractivity contribution in [1.82, 2.24) is 4.98 Å². The van der Waals surface area contributed by atoms with Gasteiger partial charge in [-0.25, -0.2) is 0 Å². The zero-order chi connectivity index (χ0) is 14.7. The van der Waals surface area contributed by atoms with Crippen LogP contribution in [0.4, 0.5) is 5.69 Å². The predicted molar refractivity (Wildman–Crippen MR) is 83.8 cm³/mol. The molecule has 0 aliphatic carbocycles.